The predicted molar refractivity (Wildman–Crippen MR) is 84.9 cm³/mol. The van der Waals surface area contributed by atoms with Crippen LogP contribution in [0.2, 0.25) is 0 Å². The van der Waals surface area contributed by atoms with Crippen LogP contribution < -0.4 is 10.1 Å². The molecule has 4 heteroatoms. The van der Waals surface area contributed by atoms with Gasteiger partial charge in [-0.3, -0.25) is 0 Å². The van der Waals surface area contributed by atoms with Crippen LogP contribution in [0.25, 0.3) is 11.3 Å². The van der Waals surface area contributed by atoms with E-state index in [0.717, 1.165) is 29.4 Å². The second-order valence-corrected chi connectivity index (χ2v) is 7.27. The third-order valence-electron chi connectivity index (χ3n) is 3.37. The zero-order valence-electron chi connectivity index (χ0n) is 12.4. The second kappa shape index (κ2) is 4.77. The van der Waals surface area contributed by atoms with E-state index in [4.69, 9.17) is 9.72 Å². The lowest BCUT2D eigenvalue weighted by atomic mass is 9.93. The molecule has 20 heavy (non-hydrogen) atoms. The average Bonchev–Trinajstić information content (AvgIpc) is 2.78. The molecule has 1 aromatic carbocycles. The van der Waals surface area contributed by atoms with E-state index in [0.29, 0.717) is 0 Å². The Morgan fingerprint density at radius 1 is 1.25 bits per heavy atom. The maximum Gasteiger partial charge on any atom is 0.183 e. The number of methoxy groups -OCH3 is 1. The Morgan fingerprint density at radius 3 is 2.75 bits per heavy atom. The van der Waals surface area contributed by atoms with Crippen LogP contribution in [0.3, 0.4) is 0 Å². The third-order valence-corrected chi connectivity index (χ3v) is 4.40. The molecule has 1 aliphatic carbocycles. The van der Waals surface area contributed by atoms with E-state index >= 15 is 0 Å². The Balaban J connectivity index is 1.99. The van der Waals surface area contributed by atoms with Gasteiger partial charge in [0, 0.05) is 16.0 Å². The fourth-order valence-electron chi connectivity index (χ4n) is 2.49. The number of rotatable bonds is 2. The number of hydrogen-bond acceptors (Lipinski definition) is 4. The van der Waals surface area contributed by atoms with Gasteiger partial charge in [-0.05, 0) is 57.4 Å². The standard InChI is InChI=1S/C16H20N2OS/c1-16(2,3)18-15-17-14-12-7-6-11(19-4)9-10(12)5-8-13(14)20-15/h6-7,9H,5,8H2,1-4H3,(H,17,18). The molecule has 1 heterocycles. The number of nitrogens with zero attached hydrogens (tertiary/aromatic N) is 1. The van der Waals surface area contributed by atoms with Crippen molar-refractivity contribution in [2.75, 3.05) is 12.4 Å². The number of aromatic nitrogens is 1. The number of benzene rings is 1. The maximum atomic E-state index is 5.31. The highest BCUT2D eigenvalue weighted by Gasteiger charge is 2.22. The molecule has 1 aliphatic rings. The van der Waals surface area contributed by atoms with Gasteiger partial charge >= 0.3 is 0 Å². The fraction of sp³-hybridized carbons (Fsp3) is 0.438. The first-order valence-corrected chi connectivity index (χ1v) is 7.73. The number of nitrogens with one attached hydrogen (secondary N) is 1. The third kappa shape index (κ3) is 2.52. The molecule has 3 rings (SSSR count). The SMILES string of the molecule is COc1ccc2c(c1)CCc1sc(NC(C)(C)C)nc1-2. The van der Waals surface area contributed by atoms with Crippen LogP contribution in [0.5, 0.6) is 5.75 Å². The summed E-state index contributed by atoms with van der Waals surface area (Å²) in [5.41, 5.74) is 3.78. The number of aryl methyl sites for hydroxylation is 2. The number of fused-ring (bicyclic) bond motifs is 3. The first-order chi connectivity index (χ1) is 9.46. The monoisotopic (exact) mass is 288 g/mol. The van der Waals surface area contributed by atoms with Crippen LogP contribution in [-0.4, -0.2) is 17.6 Å². The highest BCUT2D eigenvalue weighted by Crippen LogP contribution is 2.39. The lowest BCUT2D eigenvalue weighted by molar-refractivity contribution is 0.414. The summed E-state index contributed by atoms with van der Waals surface area (Å²) in [5.74, 6) is 0.926. The summed E-state index contributed by atoms with van der Waals surface area (Å²) in [5, 5.41) is 4.49. The van der Waals surface area contributed by atoms with E-state index in [9.17, 15) is 0 Å². The van der Waals surface area contributed by atoms with Gasteiger partial charge in [-0.1, -0.05) is 0 Å². The van der Waals surface area contributed by atoms with Gasteiger partial charge in [-0.2, -0.15) is 0 Å². The number of hydrogen-bond donors (Lipinski definition) is 1. The van der Waals surface area contributed by atoms with Crippen molar-refractivity contribution in [2.24, 2.45) is 0 Å². The number of ether oxygens (including phenoxy) is 1. The van der Waals surface area contributed by atoms with Crippen molar-refractivity contribution in [1.82, 2.24) is 4.98 Å². The minimum absolute atomic E-state index is 0.0448. The molecule has 0 saturated heterocycles. The van der Waals surface area contributed by atoms with Crippen LogP contribution >= 0.6 is 11.3 Å². The Kier molecular flexibility index (Phi) is 3.21. The molecular weight excluding hydrogens is 268 g/mol. The molecule has 0 bridgehead atoms. The lowest BCUT2D eigenvalue weighted by Gasteiger charge is -2.19. The average molecular weight is 288 g/mol. The van der Waals surface area contributed by atoms with E-state index in [1.165, 1.54) is 16.0 Å². The Labute approximate surface area is 124 Å². The summed E-state index contributed by atoms with van der Waals surface area (Å²) in [4.78, 5) is 6.18. The molecular formula is C16H20N2OS. The minimum Gasteiger partial charge on any atom is -0.497 e. The van der Waals surface area contributed by atoms with E-state index < -0.39 is 0 Å². The Morgan fingerprint density at radius 2 is 2.05 bits per heavy atom. The minimum atomic E-state index is 0.0448. The van der Waals surface area contributed by atoms with Crippen LogP contribution in [0.4, 0.5) is 5.13 Å². The smallest absolute Gasteiger partial charge is 0.183 e. The molecule has 0 radical (unpaired) electrons. The van der Waals surface area contributed by atoms with Crippen molar-refractivity contribution < 1.29 is 4.74 Å². The van der Waals surface area contributed by atoms with Crippen LogP contribution in [0.15, 0.2) is 18.2 Å². The quantitative estimate of drug-likeness (QED) is 0.902. The van der Waals surface area contributed by atoms with Crippen molar-refractivity contribution in [3.05, 3.63) is 28.6 Å². The van der Waals surface area contributed by atoms with E-state index in [1.807, 2.05) is 6.07 Å². The molecule has 1 N–H and O–H groups in total. The van der Waals surface area contributed by atoms with Gasteiger partial charge in [0.05, 0.1) is 12.8 Å². The van der Waals surface area contributed by atoms with Crippen molar-refractivity contribution in [3.8, 4) is 17.0 Å². The topological polar surface area (TPSA) is 34.1 Å². The fourth-order valence-corrected chi connectivity index (χ4v) is 3.67. The highest BCUT2D eigenvalue weighted by atomic mass is 32.1. The normalized spacial score (nSPS) is 13.6. The molecule has 106 valence electrons. The van der Waals surface area contributed by atoms with Crippen molar-refractivity contribution >= 4 is 16.5 Å². The van der Waals surface area contributed by atoms with Gasteiger partial charge in [0.1, 0.15) is 5.75 Å². The molecule has 0 aliphatic heterocycles. The van der Waals surface area contributed by atoms with E-state index in [2.05, 4.69) is 38.2 Å². The Bertz CT molecular complexity index is 640. The van der Waals surface area contributed by atoms with Gasteiger partial charge in [-0.15, -0.1) is 11.3 Å². The molecule has 0 unspecified atom stereocenters. The number of thiazole rings is 1. The highest BCUT2D eigenvalue weighted by molar-refractivity contribution is 7.16. The van der Waals surface area contributed by atoms with Gasteiger partial charge in [-0.25, -0.2) is 4.98 Å². The molecule has 1 aromatic heterocycles. The van der Waals surface area contributed by atoms with E-state index in [-0.39, 0.29) is 5.54 Å². The van der Waals surface area contributed by atoms with Crippen molar-refractivity contribution in [1.29, 1.82) is 0 Å². The summed E-state index contributed by atoms with van der Waals surface area (Å²) >= 11 is 1.78. The molecule has 0 atom stereocenters. The van der Waals surface area contributed by atoms with Crippen LogP contribution in [-0.2, 0) is 12.8 Å². The zero-order chi connectivity index (χ0) is 14.3. The molecule has 0 amide bonds. The summed E-state index contributed by atoms with van der Waals surface area (Å²) in [6, 6.07) is 6.28. The molecule has 3 nitrogen and oxygen atoms in total. The second-order valence-electron chi connectivity index (χ2n) is 6.19. The van der Waals surface area contributed by atoms with Crippen molar-refractivity contribution in [2.45, 2.75) is 39.2 Å². The molecule has 0 fully saturated rings. The van der Waals surface area contributed by atoms with Gasteiger partial charge in [0.25, 0.3) is 0 Å². The summed E-state index contributed by atoms with van der Waals surface area (Å²) in [7, 11) is 1.71. The van der Waals surface area contributed by atoms with Gasteiger partial charge < -0.3 is 10.1 Å². The summed E-state index contributed by atoms with van der Waals surface area (Å²) < 4.78 is 5.31. The molecule has 0 saturated carbocycles. The molecule has 0 spiro atoms. The van der Waals surface area contributed by atoms with Crippen molar-refractivity contribution in [3.63, 3.8) is 0 Å². The van der Waals surface area contributed by atoms with Gasteiger partial charge in [0.2, 0.25) is 0 Å². The van der Waals surface area contributed by atoms with Crippen LogP contribution in [0.1, 0.15) is 31.2 Å². The zero-order valence-corrected chi connectivity index (χ0v) is 13.2. The largest absolute Gasteiger partial charge is 0.497 e. The first kappa shape index (κ1) is 13.4. The Hall–Kier alpha value is -1.55. The summed E-state index contributed by atoms with van der Waals surface area (Å²) in [6.07, 6.45) is 2.13. The molecule has 2 aromatic rings. The van der Waals surface area contributed by atoms with E-state index in [1.54, 1.807) is 18.4 Å². The predicted octanol–water partition coefficient (Wildman–Crippen LogP) is 4.13. The van der Waals surface area contributed by atoms with Gasteiger partial charge in [0.15, 0.2) is 5.13 Å². The first-order valence-electron chi connectivity index (χ1n) is 6.91. The number of anilines is 1. The van der Waals surface area contributed by atoms with Crippen LogP contribution in [0, 0.1) is 0 Å². The lowest BCUT2D eigenvalue weighted by Crippen LogP contribution is -2.25. The maximum absolute atomic E-state index is 5.31. The summed E-state index contributed by atoms with van der Waals surface area (Å²) in [6.45, 7) is 6.48.